The number of oxazole rings is 1. The van der Waals surface area contributed by atoms with Crippen LogP contribution in [0, 0.1) is 12.7 Å². The molecule has 2 aromatic heterocycles. The summed E-state index contributed by atoms with van der Waals surface area (Å²) in [6.07, 6.45) is 0. The number of nitrogens with one attached hydrogen (secondary N) is 1. The van der Waals surface area contributed by atoms with Gasteiger partial charge in [-0.3, -0.25) is 4.79 Å². The summed E-state index contributed by atoms with van der Waals surface area (Å²) in [7, 11) is 0. The minimum Gasteiger partial charge on any atom is -0.453 e. The normalized spacial score (nSPS) is 11.3. The van der Waals surface area contributed by atoms with Gasteiger partial charge in [0, 0.05) is 22.2 Å². The Morgan fingerprint density at radius 3 is 2.60 bits per heavy atom. The number of fused-ring (bicyclic) bond motifs is 2. The Balaban J connectivity index is 1.31. The predicted octanol–water partition coefficient (Wildman–Crippen LogP) is 5.98. The van der Waals surface area contributed by atoms with Gasteiger partial charge < -0.3 is 14.2 Å². The monoisotopic (exact) mass is 400 g/mol. The summed E-state index contributed by atoms with van der Waals surface area (Å²) in [5.74, 6) is 0.227. The summed E-state index contributed by atoms with van der Waals surface area (Å²) < 4.78 is 24.9. The minimum absolute atomic E-state index is 0.0609. The van der Waals surface area contributed by atoms with E-state index in [0.29, 0.717) is 22.4 Å². The number of furan rings is 1. The number of hydrogen-bond acceptors (Lipinski definition) is 5. The molecule has 0 radical (unpaired) electrons. The Morgan fingerprint density at radius 1 is 1.00 bits per heavy atom. The lowest BCUT2D eigenvalue weighted by Gasteiger charge is -2.05. The molecule has 0 unspecified atom stereocenters. The topological polar surface area (TPSA) is 68.3 Å². The minimum atomic E-state index is -0.359. The number of anilines is 1. The molecule has 0 fully saturated rings. The van der Waals surface area contributed by atoms with Crippen molar-refractivity contribution in [3.05, 3.63) is 83.9 Å². The van der Waals surface area contributed by atoms with Crippen LogP contribution in [0.1, 0.15) is 16.1 Å². The molecule has 0 aliphatic carbocycles. The SMILES string of the molecule is Cc1c(C(=O)CNc2ccc(-c3nc4ccccc4o3)cc2)oc2ccc(F)cc12. The fourth-order valence-corrected chi connectivity index (χ4v) is 3.45. The van der Waals surface area contributed by atoms with Crippen LogP contribution in [0.5, 0.6) is 0 Å². The summed E-state index contributed by atoms with van der Waals surface area (Å²) in [5.41, 5.74) is 4.31. The van der Waals surface area contributed by atoms with Crippen molar-refractivity contribution >= 4 is 33.5 Å². The number of aromatic nitrogens is 1. The first-order valence-electron chi connectivity index (χ1n) is 9.50. The van der Waals surface area contributed by atoms with Crippen molar-refractivity contribution in [3.63, 3.8) is 0 Å². The quantitative estimate of drug-likeness (QED) is 0.367. The molecule has 6 heteroatoms. The molecule has 0 aliphatic rings. The fourth-order valence-electron chi connectivity index (χ4n) is 3.45. The molecule has 0 aliphatic heterocycles. The molecular formula is C24H17FN2O3. The maximum atomic E-state index is 13.5. The third-order valence-corrected chi connectivity index (χ3v) is 5.03. The van der Waals surface area contributed by atoms with Gasteiger partial charge in [-0.05, 0) is 61.5 Å². The molecule has 2 heterocycles. The number of carbonyl (C=O) groups is 1. The lowest BCUT2D eigenvalue weighted by atomic mass is 10.1. The number of carbonyl (C=O) groups excluding carboxylic acids is 1. The molecule has 0 saturated heterocycles. The zero-order chi connectivity index (χ0) is 20.7. The van der Waals surface area contributed by atoms with Gasteiger partial charge in [-0.1, -0.05) is 12.1 Å². The van der Waals surface area contributed by atoms with E-state index in [9.17, 15) is 9.18 Å². The van der Waals surface area contributed by atoms with Gasteiger partial charge in [0.2, 0.25) is 11.7 Å². The number of aryl methyl sites for hydroxylation is 1. The third-order valence-electron chi connectivity index (χ3n) is 5.03. The van der Waals surface area contributed by atoms with Crippen LogP contribution in [0.3, 0.4) is 0 Å². The number of hydrogen-bond donors (Lipinski definition) is 1. The van der Waals surface area contributed by atoms with E-state index in [1.165, 1.54) is 18.2 Å². The maximum absolute atomic E-state index is 13.5. The standard InChI is InChI=1S/C24H17FN2O3/c1-14-18-12-16(25)8-11-21(18)29-23(14)20(28)13-26-17-9-6-15(7-10-17)24-27-19-4-2-3-5-22(19)30-24/h2-12,26H,13H2,1H3. The first kappa shape index (κ1) is 18.1. The summed E-state index contributed by atoms with van der Waals surface area (Å²) >= 11 is 0. The van der Waals surface area contributed by atoms with Gasteiger partial charge in [-0.15, -0.1) is 0 Å². The molecule has 5 rings (SSSR count). The van der Waals surface area contributed by atoms with E-state index in [4.69, 9.17) is 8.83 Å². The fraction of sp³-hybridized carbons (Fsp3) is 0.0833. The Bertz CT molecular complexity index is 1350. The number of Topliss-reactive ketones (excluding diaryl/α,β-unsaturated/α-hetero) is 1. The Hall–Kier alpha value is -3.93. The zero-order valence-corrected chi connectivity index (χ0v) is 16.1. The van der Waals surface area contributed by atoms with Crippen LogP contribution in [0.2, 0.25) is 0 Å². The van der Waals surface area contributed by atoms with Crippen molar-refractivity contribution < 1.29 is 18.0 Å². The van der Waals surface area contributed by atoms with E-state index < -0.39 is 0 Å². The molecule has 30 heavy (non-hydrogen) atoms. The second-order valence-corrected chi connectivity index (χ2v) is 7.04. The third kappa shape index (κ3) is 3.22. The van der Waals surface area contributed by atoms with E-state index in [1.807, 2.05) is 48.5 Å². The average Bonchev–Trinajstić information content (AvgIpc) is 3.34. The van der Waals surface area contributed by atoms with Crippen LogP contribution in [-0.4, -0.2) is 17.3 Å². The van der Waals surface area contributed by atoms with Crippen LogP contribution in [0.4, 0.5) is 10.1 Å². The number of nitrogens with zero attached hydrogens (tertiary/aromatic N) is 1. The van der Waals surface area contributed by atoms with Crippen LogP contribution in [0.25, 0.3) is 33.5 Å². The van der Waals surface area contributed by atoms with Crippen LogP contribution in [-0.2, 0) is 0 Å². The summed E-state index contributed by atoms with van der Waals surface area (Å²) in [5, 5.41) is 3.71. The average molecular weight is 400 g/mol. The van der Waals surface area contributed by atoms with E-state index in [-0.39, 0.29) is 23.9 Å². The van der Waals surface area contributed by atoms with Crippen molar-refractivity contribution in [1.29, 1.82) is 0 Å². The first-order chi connectivity index (χ1) is 14.6. The number of para-hydroxylation sites is 2. The van der Waals surface area contributed by atoms with Crippen LogP contribution < -0.4 is 5.32 Å². The van der Waals surface area contributed by atoms with Crippen molar-refractivity contribution in [2.24, 2.45) is 0 Å². The van der Waals surface area contributed by atoms with Gasteiger partial charge >= 0.3 is 0 Å². The molecular weight excluding hydrogens is 383 g/mol. The molecule has 5 nitrogen and oxygen atoms in total. The second kappa shape index (κ2) is 7.15. The molecule has 3 aromatic carbocycles. The van der Waals surface area contributed by atoms with Gasteiger partial charge in [0.25, 0.3) is 0 Å². The molecule has 0 saturated carbocycles. The Labute approximate surface area is 171 Å². The summed E-state index contributed by atoms with van der Waals surface area (Å²) in [6, 6.07) is 19.3. The lowest BCUT2D eigenvalue weighted by molar-refractivity contribution is 0.0981. The van der Waals surface area contributed by atoms with Crippen molar-refractivity contribution in [2.45, 2.75) is 6.92 Å². The number of ketones is 1. The second-order valence-electron chi connectivity index (χ2n) is 7.04. The lowest BCUT2D eigenvalue weighted by Crippen LogP contribution is -2.14. The molecule has 1 N–H and O–H groups in total. The van der Waals surface area contributed by atoms with Crippen LogP contribution >= 0.6 is 0 Å². The number of benzene rings is 3. The number of rotatable bonds is 5. The van der Waals surface area contributed by atoms with Gasteiger partial charge in [0.1, 0.15) is 16.9 Å². The van der Waals surface area contributed by atoms with Gasteiger partial charge in [0.05, 0.1) is 6.54 Å². The van der Waals surface area contributed by atoms with E-state index in [1.54, 1.807) is 6.92 Å². The molecule has 0 bridgehead atoms. The maximum Gasteiger partial charge on any atom is 0.227 e. The van der Waals surface area contributed by atoms with E-state index in [2.05, 4.69) is 10.3 Å². The smallest absolute Gasteiger partial charge is 0.227 e. The largest absolute Gasteiger partial charge is 0.453 e. The van der Waals surface area contributed by atoms with Gasteiger partial charge in [0.15, 0.2) is 11.3 Å². The highest BCUT2D eigenvalue weighted by Crippen LogP contribution is 2.27. The molecule has 0 spiro atoms. The number of halogens is 1. The Kier molecular flexibility index (Phi) is 4.32. The highest BCUT2D eigenvalue weighted by Gasteiger charge is 2.18. The summed E-state index contributed by atoms with van der Waals surface area (Å²) in [6.45, 7) is 1.82. The van der Waals surface area contributed by atoms with E-state index >= 15 is 0 Å². The zero-order valence-electron chi connectivity index (χ0n) is 16.1. The molecule has 5 aromatic rings. The van der Waals surface area contributed by atoms with Crippen LogP contribution in [0.15, 0.2) is 75.6 Å². The van der Waals surface area contributed by atoms with Crippen molar-refractivity contribution in [1.82, 2.24) is 4.98 Å². The Morgan fingerprint density at radius 2 is 1.80 bits per heavy atom. The van der Waals surface area contributed by atoms with E-state index in [0.717, 1.165) is 22.4 Å². The molecule has 0 atom stereocenters. The highest BCUT2D eigenvalue weighted by molar-refractivity contribution is 6.02. The summed E-state index contributed by atoms with van der Waals surface area (Å²) in [4.78, 5) is 17.1. The highest BCUT2D eigenvalue weighted by atomic mass is 19.1. The predicted molar refractivity (Wildman–Crippen MR) is 113 cm³/mol. The molecule has 148 valence electrons. The van der Waals surface area contributed by atoms with Gasteiger partial charge in [-0.2, -0.15) is 0 Å². The molecule has 0 amide bonds. The van der Waals surface area contributed by atoms with Gasteiger partial charge in [-0.25, -0.2) is 9.37 Å². The van der Waals surface area contributed by atoms with Crippen molar-refractivity contribution in [2.75, 3.05) is 11.9 Å². The van der Waals surface area contributed by atoms with Crippen molar-refractivity contribution in [3.8, 4) is 11.5 Å². The first-order valence-corrected chi connectivity index (χ1v) is 9.50.